The molecule has 0 saturated heterocycles. The minimum atomic E-state index is -0.744. The number of aryl methyl sites for hydroxylation is 1. The Hall–Kier alpha value is -3.32. The smallest absolute Gasteiger partial charge is 0.361 e. The van der Waals surface area contributed by atoms with Crippen molar-refractivity contribution in [2.24, 2.45) is 0 Å². The monoisotopic (exact) mass is 400 g/mol. The van der Waals surface area contributed by atoms with Crippen molar-refractivity contribution < 1.29 is 23.5 Å². The number of halogens is 1. The van der Waals surface area contributed by atoms with Gasteiger partial charge in [0.15, 0.2) is 12.3 Å². The molecule has 7 nitrogen and oxygen atoms in total. The van der Waals surface area contributed by atoms with Gasteiger partial charge in [-0.2, -0.15) is 0 Å². The van der Waals surface area contributed by atoms with Gasteiger partial charge in [0.2, 0.25) is 5.89 Å². The summed E-state index contributed by atoms with van der Waals surface area (Å²) < 4.78 is 15.6. The quantitative estimate of drug-likeness (QED) is 0.626. The zero-order chi connectivity index (χ0) is 20.1. The molecular formula is C20H17ClN2O5. The lowest BCUT2D eigenvalue weighted by Gasteiger charge is -2.08. The number of hydrogen-bond donors (Lipinski definition) is 1. The third-order valence-corrected chi connectivity index (χ3v) is 4.08. The number of hydrogen-bond acceptors (Lipinski definition) is 6. The predicted octanol–water partition coefficient (Wildman–Crippen LogP) is 4.11. The summed E-state index contributed by atoms with van der Waals surface area (Å²) in [5, 5.41) is 2.94. The van der Waals surface area contributed by atoms with Crippen molar-refractivity contribution >= 4 is 29.2 Å². The number of amides is 1. The zero-order valence-electron chi connectivity index (χ0n) is 15.2. The number of esters is 1. The molecule has 1 heterocycles. The number of benzene rings is 2. The Bertz CT molecular complexity index is 1000. The third-order valence-electron chi connectivity index (χ3n) is 3.78. The van der Waals surface area contributed by atoms with Crippen molar-refractivity contribution in [1.29, 1.82) is 0 Å². The van der Waals surface area contributed by atoms with Crippen molar-refractivity contribution in [3.05, 3.63) is 65.0 Å². The molecule has 2 aromatic carbocycles. The van der Waals surface area contributed by atoms with E-state index in [1.165, 1.54) is 13.2 Å². The molecular weight excluding hydrogens is 384 g/mol. The van der Waals surface area contributed by atoms with Crippen LogP contribution in [-0.4, -0.2) is 30.6 Å². The number of methoxy groups -OCH3 is 1. The number of carbonyl (C=O) groups excluding carboxylic acids is 2. The molecule has 0 fully saturated rings. The molecule has 0 spiro atoms. The van der Waals surface area contributed by atoms with Gasteiger partial charge in [0, 0.05) is 11.3 Å². The van der Waals surface area contributed by atoms with Crippen molar-refractivity contribution in [1.82, 2.24) is 4.98 Å². The fourth-order valence-electron chi connectivity index (χ4n) is 2.43. The number of aromatic nitrogens is 1. The van der Waals surface area contributed by atoms with E-state index in [4.69, 9.17) is 25.5 Å². The van der Waals surface area contributed by atoms with E-state index in [1.807, 2.05) is 30.3 Å². The molecule has 0 radical (unpaired) electrons. The summed E-state index contributed by atoms with van der Waals surface area (Å²) in [5.74, 6) is -0.152. The first-order chi connectivity index (χ1) is 13.5. The van der Waals surface area contributed by atoms with Gasteiger partial charge in [0.1, 0.15) is 11.5 Å². The van der Waals surface area contributed by atoms with Crippen LogP contribution in [0.4, 0.5) is 5.69 Å². The third kappa shape index (κ3) is 4.50. The van der Waals surface area contributed by atoms with Crippen LogP contribution in [0, 0.1) is 6.92 Å². The van der Waals surface area contributed by atoms with Crippen LogP contribution in [0.5, 0.6) is 5.75 Å². The van der Waals surface area contributed by atoms with Crippen LogP contribution in [0.15, 0.2) is 52.9 Å². The molecule has 0 unspecified atom stereocenters. The first-order valence-corrected chi connectivity index (χ1v) is 8.69. The Kier molecular flexibility index (Phi) is 5.96. The molecule has 0 bridgehead atoms. The molecule has 1 N–H and O–H groups in total. The van der Waals surface area contributed by atoms with Crippen LogP contribution < -0.4 is 10.1 Å². The van der Waals surface area contributed by atoms with Crippen LogP contribution in [0.1, 0.15) is 16.2 Å². The van der Waals surface area contributed by atoms with Gasteiger partial charge in [-0.15, -0.1) is 0 Å². The molecule has 0 aliphatic carbocycles. The lowest BCUT2D eigenvalue weighted by atomic mass is 10.2. The maximum Gasteiger partial charge on any atom is 0.361 e. The SMILES string of the molecule is COc1ccc(NC(=O)COC(=O)c2nc(-c3ccccc3)oc2C)cc1Cl. The van der Waals surface area contributed by atoms with Gasteiger partial charge in [-0.3, -0.25) is 4.79 Å². The van der Waals surface area contributed by atoms with Crippen molar-refractivity contribution in [2.45, 2.75) is 6.92 Å². The van der Waals surface area contributed by atoms with E-state index in [-0.39, 0.29) is 5.69 Å². The second-order valence-corrected chi connectivity index (χ2v) is 6.17. The lowest BCUT2D eigenvalue weighted by molar-refractivity contribution is -0.119. The minimum absolute atomic E-state index is 0.0270. The Morgan fingerprint density at radius 2 is 1.93 bits per heavy atom. The standard InChI is InChI=1S/C20H17ClN2O5/c1-12-18(23-19(28-12)13-6-4-3-5-7-13)20(25)27-11-17(24)22-14-8-9-16(26-2)15(21)10-14/h3-10H,11H2,1-2H3,(H,22,24). The van der Waals surface area contributed by atoms with Gasteiger partial charge < -0.3 is 19.2 Å². The molecule has 1 aromatic heterocycles. The highest BCUT2D eigenvalue weighted by Crippen LogP contribution is 2.27. The molecule has 1 amide bonds. The van der Waals surface area contributed by atoms with Gasteiger partial charge in [-0.25, -0.2) is 9.78 Å². The van der Waals surface area contributed by atoms with E-state index in [0.29, 0.717) is 28.1 Å². The highest BCUT2D eigenvalue weighted by molar-refractivity contribution is 6.32. The van der Waals surface area contributed by atoms with E-state index >= 15 is 0 Å². The summed E-state index contributed by atoms with van der Waals surface area (Å²) in [6, 6.07) is 13.9. The highest BCUT2D eigenvalue weighted by Gasteiger charge is 2.20. The Morgan fingerprint density at radius 1 is 1.18 bits per heavy atom. The summed E-state index contributed by atoms with van der Waals surface area (Å²) in [6.07, 6.45) is 0. The van der Waals surface area contributed by atoms with Crippen LogP contribution >= 0.6 is 11.6 Å². The molecule has 0 saturated carbocycles. The van der Waals surface area contributed by atoms with Gasteiger partial charge in [-0.05, 0) is 37.3 Å². The second kappa shape index (κ2) is 8.58. The van der Waals surface area contributed by atoms with E-state index in [9.17, 15) is 9.59 Å². The van der Waals surface area contributed by atoms with Gasteiger partial charge in [0.25, 0.3) is 5.91 Å². The van der Waals surface area contributed by atoms with E-state index < -0.39 is 18.5 Å². The molecule has 144 valence electrons. The van der Waals surface area contributed by atoms with Crippen LogP contribution in [-0.2, 0) is 9.53 Å². The number of oxazole rings is 1. The fourth-order valence-corrected chi connectivity index (χ4v) is 2.69. The number of nitrogens with zero attached hydrogens (tertiary/aromatic N) is 1. The first kappa shape index (κ1) is 19.4. The average Bonchev–Trinajstić information content (AvgIpc) is 3.09. The summed E-state index contributed by atoms with van der Waals surface area (Å²) >= 11 is 6.01. The Labute approximate surface area is 166 Å². The number of ether oxygens (including phenoxy) is 2. The van der Waals surface area contributed by atoms with E-state index in [1.54, 1.807) is 19.1 Å². The number of carbonyl (C=O) groups is 2. The largest absolute Gasteiger partial charge is 0.495 e. The topological polar surface area (TPSA) is 90.7 Å². The minimum Gasteiger partial charge on any atom is -0.495 e. The van der Waals surface area contributed by atoms with Crippen LogP contribution in [0.3, 0.4) is 0 Å². The van der Waals surface area contributed by atoms with E-state index in [2.05, 4.69) is 10.3 Å². The fraction of sp³-hybridized carbons (Fsp3) is 0.150. The molecule has 0 aliphatic rings. The van der Waals surface area contributed by atoms with Crippen LogP contribution in [0.2, 0.25) is 5.02 Å². The summed E-state index contributed by atoms with van der Waals surface area (Å²) in [6.45, 7) is 1.13. The molecule has 28 heavy (non-hydrogen) atoms. The Morgan fingerprint density at radius 3 is 2.61 bits per heavy atom. The van der Waals surface area contributed by atoms with Crippen molar-refractivity contribution in [3.63, 3.8) is 0 Å². The summed E-state index contributed by atoms with van der Waals surface area (Å²) in [5.41, 5.74) is 1.22. The zero-order valence-corrected chi connectivity index (χ0v) is 15.9. The maximum absolute atomic E-state index is 12.2. The molecule has 0 atom stereocenters. The van der Waals surface area contributed by atoms with Gasteiger partial charge in [0.05, 0.1) is 12.1 Å². The number of anilines is 1. The average molecular weight is 401 g/mol. The molecule has 0 aliphatic heterocycles. The highest BCUT2D eigenvalue weighted by atomic mass is 35.5. The number of rotatable bonds is 6. The first-order valence-electron chi connectivity index (χ1n) is 8.31. The Balaban J connectivity index is 1.60. The molecule has 8 heteroatoms. The normalized spacial score (nSPS) is 10.4. The lowest BCUT2D eigenvalue weighted by Crippen LogP contribution is -2.21. The molecule has 3 aromatic rings. The van der Waals surface area contributed by atoms with Crippen LogP contribution in [0.25, 0.3) is 11.5 Å². The summed E-state index contributed by atoms with van der Waals surface area (Å²) in [7, 11) is 1.49. The number of nitrogens with one attached hydrogen (secondary N) is 1. The predicted molar refractivity (Wildman–Crippen MR) is 104 cm³/mol. The maximum atomic E-state index is 12.2. The van der Waals surface area contributed by atoms with Gasteiger partial charge >= 0.3 is 5.97 Å². The van der Waals surface area contributed by atoms with Gasteiger partial charge in [-0.1, -0.05) is 29.8 Å². The van der Waals surface area contributed by atoms with E-state index in [0.717, 1.165) is 5.56 Å². The van der Waals surface area contributed by atoms with Crippen molar-refractivity contribution in [3.8, 4) is 17.2 Å². The molecule has 3 rings (SSSR count). The van der Waals surface area contributed by atoms with Crippen molar-refractivity contribution in [2.75, 3.05) is 19.0 Å². The second-order valence-electron chi connectivity index (χ2n) is 5.76. The summed E-state index contributed by atoms with van der Waals surface area (Å²) in [4.78, 5) is 28.4.